The van der Waals surface area contributed by atoms with Crippen LogP contribution in [0.15, 0.2) is 18.3 Å². The van der Waals surface area contributed by atoms with Crippen LogP contribution in [0, 0.1) is 17.8 Å². The van der Waals surface area contributed by atoms with Crippen molar-refractivity contribution < 1.29 is 53.0 Å². The maximum Gasteiger partial charge on any atom is 0.355 e. The molecule has 4 rings (SSSR count). The van der Waals surface area contributed by atoms with Crippen LogP contribution in [-0.4, -0.2) is 151 Å². The van der Waals surface area contributed by atoms with Gasteiger partial charge in [-0.25, -0.2) is 4.79 Å². The molecule has 3 aliphatic heterocycles. The maximum atomic E-state index is 13.8. The molecule has 1 aromatic heterocycles. The Bertz CT molecular complexity index is 1360. The van der Waals surface area contributed by atoms with Gasteiger partial charge in [0, 0.05) is 58.2 Å². The van der Waals surface area contributed by atoms with Crippen LogP contribution in [0.2, 0.25) is 0 Å². The fraction of sp³-hybridized carbons (Fsp3) is 0.816. The van der Waals surface area contributed by atoms with Crippen molar-refractivity contribution in [2.45, 2.75) is 141 Å². The number of aromatic amines is 1. The molecule has 0 aliphatic carbocycles. The summed E-state index contributed by atoms with van der Waals surface area (Å²) in [6, 6.07) is 3.06. The lowest BCUT2D eigenvalue weighted by Gasteiger charge is -2.49. The number of methoxy groups -OCH3 is 1. The van der Waals surface area contributed by atoms with Crippen molar-refractivity contribution in [2.75, 3.05) is 41.3 Å². The van der Waals surface area contributed by atoms with Gasteiger partial charge in [-0.15, -0.1) is 0 Å². The van der Waals surface area contributed by atoms with Gasteiger partial charge in [0.05, 0.1) is 35.9 Å². The Morgan fingerprint density at radius 1 is 1.06 bits per heavy atom. The minimum Gasteiger partial charge on any atom is -0.452 e. The summed E-state index contributed by atoms with van der Waals surface area (Å²) in [5, 5.41) is 26.8. The third-order valence-electron chi connectivity index (χ3n) is 11.3. The number of rotatable bonds is 8. The highest BCUT2D eigenvalue weighted by Gasteiger charge is 2.52. The molecule has 0 spiro atoms. The molecule has 3 fully saturated rings. The number of H-pyrrole nitrogens is 1. The topological polar surface area (TPSA) is 181 Å². The Morgan fingerprint density at radius 3 is 2.38 bits per heavy atom. The number of aliphatic hydroxyl groups is 2. The van der Waals surface area contributed by atoms with Gasteiger partial charge in [0.15, 0.2) is 18.7 Å². The second kappa shape index (κ2) is 17.9. The number of likely N-dealkylation sites (N-methyl/N-ethyl adjacent to an activating group) is 1. The van der Waals surface area contributed by atoms with Crippen LogP contribution in [0.3, 0.4) is 0 Å². The van der Waals surface area contributed by atoms with Gasteiger partial charge in [-0.2, -0.15) is 0 Å². The molecular weight excluding hydrogens is 688 g/mol. The third-order valence-corrected chi connectivity index (χ3v) is 11.3. The summed E-state index contributed by atoms with van der Waals surface area (Å²) in [6.07, 6.45) is -3.99. The lowest BCUT2D eigenvalue weighted by Crippen LogP contribution is -2.61. The highest BCUT2D eigenvalue weighted by molar-refractivity contribution is 5.87. The molecule has 0 bridgehead atoms. The molecule has 15 nitrogen and oxygen atoms in total. The SMILES string of the molecule is CO[C@]1(C)C[C@H](O[C@H]2[C@H](C)[C@@H](O[C@@H]3O[C@H](C)C[C@H](N(C)C)[C@H]3O)[C@](C)(O)C[C@@H](C)CN(C)C(=O)CCNC(=O)[C@@H]2C)O[C@@H](C)[C@@H]1OC(=O)c1ccc[nH]1. The van der Waals surface area contributed by atoms with Gasteiger partial charge in [0.2, 0.25) is 11.8 Å². The lowest BCUT2D eigenvalue weighted by molar-refractivity contribution is -0.317. The molecule has 15 heteroatoms. The molecular formula is C38H64N4O11. The zero-order chi connectivity index (χ0) is 39.4. The molecule has 53 heavy (non-hydrogen) atoms. The van der Waals surface area contributed by atoms with Crippen LogP contribution in [0.25, 0.3) is 0 Å². The molecule has 302 valence electrons. The van der Waals surface area contributed by atoms with E-state index in [0.717, 1.165) is 0 Å². The Kier molecular flexibility index (Phi) is 14.5. The smallest absolute Gasteiger partial charge is 0.355 e. The first-order valence-corrected chi connectivity index (χ1v) is 18.9. The first-order chi connectivity index (χ1) is 24.8. The summed E-state index contributed by atoms with van der Waals surface area (Å²) in [6.45, 7) is 13.2. The van der Waals surface area contributed by atoms with E-state index in [1.54, 1.807) is 51.0 Å². The van der Waals surface area contributed by atoms with Gasteiger partial charge in [-0.3, -0.25) is 9.59 Å². The fourth-order valence-electron chi connectivity index (χ4n) is 8.37. The average Bonchev–Trinajstić information content (AvgIpc) is 3.63. The molecule has 4 heterocycles. The molecule has 0 radical (unpaired) electrons. The monoisotopic (exact) mass is 752 g/mol. The second-order valence-electron chi connectivity index (χ2n) is 16.3. The normalized spacial score (nSPS) is 41.1. The number of carbonyl (C=O) groups is 3. The van der Waals surface area contributed by atoms with Crippen molar-refractivity contribution in [3.63, 3.8) is 0 Å². The van der Waals surface area contributed by atoms with E-state index in [2.05, 4.69) is 10.3 Å². The molecule has 14 atom stereocenters. The third kappa shape index (κ3) is 10.4. The van der Waals surface area contributed by atoms with E-state index in [1.165, 1.54) is 7.11 Å². The van der Waals surface area contributed by atoms with E-state index < -0.39 is 72.1 Å². The summed E-state index contributed by atoms with van der Waals surface area (Å²) in [4.78, 5) is 46.1. The van der Waals surface area contributed by atoms with Gasteiger partial charge in [0.1, 0.15) is 17.4 Å². The van der Waals surface area contributed by atoms with E-state index in [-0.39, 0.29) is 55.7 Å². The zero-order valence-corrected chi connectivity index (χ0v) is 33.4. The molecule has 1 aromatic rings. The Hall–Kier alpha value is -2.63. The number of esters is 1. The zero-order valence-electron chi connectivity index (χ0n) is 33.4. The molecule has 0 aromatic carbocycles. The minimum atomic E-state index is -1.54. The molecule has 2 amide bonds. The van der Waals surface area contributed by atoms with Gasteiger partial charge >= 0.3 is 5.97 Å². The number of nitrogens with zero attached hydrogens (tertiary/aromatic N) is 2. The van der Waals surface area contributed by atoms with E-state index >= 15 is 0 Å². The highest BCUT2D eigenvalue weighted by atomic mass is 16.7. The van der Waals surface area contributed by atoms with Crippen LogP contribution < -0.4 is 5.32 Å². The summed E-state index contributed by atoms with van der Waals surface area (Å²) < 4.78 is 37.9. The first-order valence-electron chi connectivity index (χ1n) is 18.9. The van der Waals surface area contributed by atoms with Crippen molar-refractivity contribution in [1.29, 1.82) is 0 Å². The lowest BCUT2D eigenvalue weighted by atomic mass is 9.77. The Balaban J connectivity index is 1.70. The van der Waals surface area contributed by atoms with Crippen LogP contribution >= 0.6 is 0 Å². The van der Waals surface area contributed by atoms with E-state index in [0.29, 0.717) is 18.7 Å². The van der Waals surface area contributed by atoms with E-state index in [4.69, 9.17) is 28.4 Å². The molecule has 0 unspecified atom stereocenters. The number of carbonyl (C=O) groups excluding carboxylic acids is 3. The standard InChI is InChI=1S/C38H64N4O11/c1-21-18-37(6,47)32(53-36-30(44)27(41(8)9)17-22(2)49-36)23(3)31(24(4)34(45)40-16-14-28(43)42(10)20-21)51-29-19-38(7,48-11)33(25(5)50-29)52-35(46)26-13-12-15-39-26/h12-13,15,21-25,27,29-33,36,39,44,47H,14,16-20H2,1-11H3,(H,40,45)/t21-,22-,23+,24-,25+,27+,29+,30-,31+,32-,33+,36+,37-,38-/m1/s1. The fourth-order valence-corrected chi connectivity index (χ4v) is 8.37. The number of hydrogen-bond donors (Lipinski definition) is 4. The predicted octanol–water partition coefficient (Wildman–Crippen LogP) is 2.30. The van der Waals surface area contributed by atoms with Gasteiger partial charge in [0.25, 0.3) is 0 Å². The van der Waals surface area contributed by atoms with Crippen LogP contribution in [0.5, 0.6) is 0 Å². The number of aromatic nitrogens is 1. The van der Waals surface area contributed by atoms with E-state index in [1.807, 2.05) is 46.7 Å². The van der Waals surface area contributed by atoms with Crippen LogP contribution in [-0.2, 0) is 38.0 Å². The maximum absolute atomic E-state index is 13.8. The van der Waals surface area contributed by atoms with Gasteiger partial charge in [-0.1, -0.05) is 20.8 Å². The number of amides is 2. The van der Waals surface area contributed by atoms with Crippen molar-refractivity contribution in [3.8, 4) is 0 Å². The quantitative estimate of drug-likeness (QED) is 0.285. The summed E-state index contributed by atoms with van der Waals surface area (Å²) in [5.41, 5.74) is -2.29. The average molecular weight is 753 g/mol. The predicted molar refractivity (Wildman–Crippen MR) is 195 cm³/mol. The van der Waals surface area contributed by atoms with Crippen LogP contribution in [0.4, 0.5) is 0 Å². The summed E-state index contributed by atoms with van der Waals surface area (Å²) >= 11 is 0. The summed E-state index contributed by atoms with van der Waals surface area (Å²) in [7, 11) is 7.02. The number of ether oxygens (including phenoxy) is 6. The number of aliphatic hydroxyl groups excluding tert-OH is 1. The number of hydrogen-bond acceptors (Lipinski definition) is 12. The van der Waals surface area contributed by atoms with Crippen molar-refractivity contribution >= 4 is 17.8 Å². The van der Waals surface area contributed by atoms with Gasteiger partial charge < -0.3 is 58.7 Å². The molecule has 4 N–H and O–H groups in total. The van der Waals surface area contributed by atoms with Gasteiger partial charge in [-0.05, 0) is 72.7 Å². The Morgan fingerprint density at radius 2 is 1.75 bits per heavy atom. The largest absolute Gasteiger partial charge is 0.452 e. The van der Waals surface area contributed by atoms with Crippen LogP contribution in [0.1, 0.15) is 84.6 Å². The van der Waals surface area contributed by atoms with E-state index in [9.17, 15) is 24.6 Å². The molecule has 0 saturated carbocycles. The van der Waals surface area contributed by atoms with Crippen molar-refractivity contribution in [1.82, 2.24) is 20.1 Å². The van der Waals surface area contributed by atoms with Crippen molar-refractivity contribution in [3.05, 3.63) is 24.0 Å². The summed E-state index contributed by atoms with van der Waals surface area (Å²) in [5.74, 6) is -2.68. The minimum absolute atomic E-state index is 0.116. The molecule has 3 saturated heterocycles. The highest BCUT2D eigenvalue weighted by Crippen LogP contribution is 2.40. The molecule has 3 aliphatic rings. The first kappa shape index (κ1) is 43.1. The van der Waals surface area contributed by atoms with Crippen molar-refractivity contribution in [2.24, 2.45) is 17.8 Å². The number of nitrogens with one attached hydrogen (secondary N) is 2. The Labute approximate surface area is 314 Å². The second-order valence-corrected chi connectivity index (χ2v) is 16.3.